The Morgan fingerprint density at radius 1 is 1.23 bits per heavy atom. The minimum atomic E-state index is -0.222. The number of nitrogens with zero attached hydrogens (tertiary/aromatic N) is 3. The quantitative estimate of drug-likeness (QED) is 0.646. The molecule has 2 N–H and O–H groups in total. The first-order valence-corrected chi connectivity index (χ1v) is 11.9. The van der Waals surface area contributed by atoms with Crippen molar-refractivity contribution in [2.45, 2.75) is 50.9 Å². The zero-order valence-corrected chi connectivity index (χ0v) is 18.5. The van der Waals surface area contributed by atoms with Gasteiger partial charge < -0.3 is 15.5 Å². The normalized spacial score (nSPS) is 17.2. The molecule has 0 atom stereocenters. The first-order valence-electron chi connectivity index (χ1n) is 11.1. The van der Waals surface area contributed by atoms with Gasteiger partial charge in [-0.1, -0.05) is 11.6 Å². The van der Waals surface area contributed by atoms with Crippen LogP contribution in [0.25, 0.3) is 0 Å². The second kappa shape index (κ2) is 10.5. The molecule has 2 aromatic heterocycles. The molecule has 0 spiro atoms. The molecule has 0 radical (unpaired) electrons. The zero-order chi connectivity index (χ0) is 21.5. The van der Waals surface area contributed by atoms with Crippen LogP contribution < -0.4 is 10.6 Å². The van der Waals surface area contributed by atoms with E-state index >= 15 is 0 Å². The molecule has 4 rings (SSSR count). The Kier molecular flexibility index (Phi) is 7.30. The fourth-order valence-electron chi connectivity index (χ4n) is 4.11. The van der Waals surface area contributed by atoms with E-state index in [0.717, 1.165) is 37.4 Å². The summed E-state index contributed by atoms with van der Waals surface area (Å²) in [5.41, 5.74) is 2.57. The van der Waals surface area contributed by atoms with E-state index in [9.17, 15) is 9.59 Å². The predicted molar refractivity (Wildman–Crippen MR) is 122 cm³/mol. The molecule has 1 fully saturated rings. The third kappa shape index (κ3) is 5.91. The highest BCUT2D eigenvalue weighted by Crippen LogP contribution is 2.30. The molecule has 3 amide bonds. The SMILES string of the molecule is O=C(Nc1cccnc1)c1csc(C2CCN(C(=O)NCCC3=CCCCC3)CC2)n1. The van der Waals surface area contributed by atoms with Crippen molar-refractivity contribution in [3.63, 3.8) is 0 Å². The lowest BCUT2D eigenvalue weighted by Gasteiger charge is -2.31. The number of anilines is 1. The van der Waals surface area contributed by atoms with E-state index < -0.39 is 0 Å². The van der Waals surface area contributed by atoms with Gasteiger partial charge >= 0.3 is 6.03 Å². The maximum Gasteiger partial charge on any atom is 0.317 e. The average Bonchev–Trinajstić information content (AvgIpc) is 3.31. The number of carbonyl (C=O) groups is 2. The van der Waals surface area contributed by atoms with Gasteiger partial charge in [0.2, 0.25) is 0 Å². The molecule has 0 unspecified atom stereocenters. The van der Waals surface area contributed by atoms with Crippen molar-refractivity contribution in [2.24, 2.45) is 0 Å². The minimum absolute atomic E-state index is 0.0329. The Bertz CT molecular complexity index is 919. The van der Waals surface area contributed by atoms with E-state index in [4.69, 9.17) is 0 Å². The van der Waals surface area contributed by atoms with E-state index in [1.807, 2.05) is 4.90 Å². The first kappa shape index (κ1) is 21.5. The van der Waals surface area contributed by atoms with E-state index in [1.165, 1.54) is 42.6 Å². The van der Waals surface area contributed by atoms with Crippen molar-refractivity contribution in [3.8, 4) is 0 Å². The number of carbonyl (C=O) groups excluding carboxylic acids is 2. The van der Waals surface area contributed by atoms with Crippen molar-refractivity contribution in [1.29, 1.82) is 0 Å². The number of piperidine rings is 1. The highest BCUT2D eigenvalue weighted by Gasteiger charge is 2.26. The van der Waals surface area contributed by atoms with Crippen LogP contribution in [0, 0.1) is 0 Å². The molecule has 1 aliphatic heterocycles. The summed E-state index contributed by atoms with van der Waals surface area (Å²) in [5.74, 6) is 0.0711. The zero-order valence-electron chi connectivity index (χ0n) is 17.7. The summed E-state index contributed by atoms with van der Waals surface area (Å²) in [6.07, 6.45) is 13.2. The smallest absolute Gasteiger partial charge is 0.317 e. The Balaban J connectivity index is 1.22. The second-order valence-corrected chi connectivity index (χ2v) is 9.01. The van der Waals surface area contributed by atoms with Crippen molar-refractivity contribution in [2.75, 3.05) is 25.0 Å². The molecule has 1 saturated heterocycles. The minimum Gasteiger partial charge on any atom is -0.338 e. The third-order valence-corrected chi connectivity index (χ3v) is 6.92. The number of thiazole rings is 1. The number of amides is 3. The van der Waals surface area contributed by atoms with Gasteiger partial charge in [-0.15, -0.1) is 11.3 Å². The van der Waals surface area contributed by atoms with Gasteiger partial charge in [0.1, 0.15) is 5.69 Å². The van der Waals surface area contributed by atoms with E-state index in [-0.39, 0.29) is 11.9 Å². The van der Waals surface area contributed by atoms with Gasteiger partial charge in [0, 0.05) is 37.1 Å². The predicted octanol–water partition coefficient (Wildman–Crippen LogP) is 4.57. The lowest BCUT2D eigenvalue weighted by atomic mass is 9.97. The average molecular weight is 440 g/mol. The number of aromatic nitrogens is 2. The molecule has 2 aromatic rings. The summed E-state index contributed by atoms with van der Waals surface area (Å²) in [7, 11) is 0. The van der Waals surface area contributed by atoms with Crippen molar-refractivity contribution in [3.05, 3.63) is 52.3 Å². The van der Waals surface area contributed by atoms with Gasteiger partial charge in [-0.05, 0) is 57.1 Å². The second-order valence-electron chi connectivity index (χ2n) is 8.12. The molecule has 7 nitrogen and oxygen atoms in total. The summed E-state index contributed by atoms with van der Waals surface area (Å²) in [4.78, 5) is 35.3. The van der Waals surface area contributed by atoms with Gasteiger partial charge in [0.25, 0.3) is 5.91 Å². The standard InChI is InChI=1S/C23H29N5O2S/c29-21(26-19-7-4-11-24-15-19)20-16-31-22(27-20)18-9-13-28(14-10-18)23(30)25-12-8-17-5-2-1-3-6-17/h4-5,7,11,15-16,18H,1-3,6,8-10,12-14H2,(H,25,30)(H,26,29). The number of likely N-dealkylation sites (tertiary alicyclic amines) is 1. The topological polar surface area (TPSA) is 87.2 Å². The highest BCUT2D eigenvalue weighted by molar-refractivity contribution is 7.10. The molecule has 0 bridgehead atoms. The summed E-state index contributed by atoms with van der Waals surface area (Å²) >= 11 is 1.52. The molecule has 8 heteroatoms. The van der Waals surface area contributed by atoms with Gasteiger partial charge in [-0.25, -0.2) is 9.78 Å². The first-order chi connectivity index (χ1) is 15.2. The van der Waals surface area contributed by atoms with Crippen LogP contribution in [-0.2, 0) is 0 Å². The fourth-order valence-corrected chi connectivity index (χ4v) is 5.09. The van der Waals surface area contributed by atoms with E-state index in [1.54, 1.807) is 29.9 Å². The maximum atomic E-state index is 12.5. The van der Waals surface area contributed by atoms with Crippen LogP contribution in [0.2, 0.25) is 0 Å². The Hall–Kier alpha value is -2.74. The van der Waals surface area contributed by atoms with Gasteiger partial charge in [-0.2, -0.15) is 0 Å². The number of rotatable bonds is 6. The lowest BCUT2D eigenvalue weighted by molar-refractivity contribution is 0.102. The Labute approximate surface area is 187 Å². The summed E-state index contributed by atoms with van der Waals surface area (Å²) in [5, 5.41) is 8.67. The number of pyridine rings is 1. The number of hydrogen-bond acceptors (Lipinski definition) is 5. The molecule has 31 heavy (non-hydrogen) atoms. The molecule has 1 aliphatic carbocycles. The summed E-state index contributed by atoms with van der Waals surface area (Å²) in [6, 6.07) is 3.61. The highest BCUT2D eigenvalue weighted by atomic mass is 32.1. The summed E-state index contributed by atoms with van der Waals surface area (Å²) in [6.45, 7) is 2.15. The van der Waals surface area contributed by atoms with Gasteiger partial charge in [0.05, 0.1) is 16.9 Å². The number of hydrogen-bond donors (Lipinski definition) is 2. The fraction of sp³-hybridized carbons (Fsp3) is 0.478. The summed E-state index contributed by atoms with van der Waals surface area (Å²) < 4.78 is 0. The van der Waals surface area contributed by atoms with Crippen molar-refractivity contribution in [1.82, 2.24) is 20.2 Å². The Morgan fingerprint density at radius 3 is 2.84 bits per heavy atom. The third-order valence-electron chi connectivity index (χ3n) is 5.91. The molecule has 164 valence electrons. The van der Waals surface area contributed by atoms with Crippen LogP contribution in [0.4, 0.5) is 10.5 Å². The molecular formula is C23H29N5O2S. The van der Waals surface area contributed by atoms with Gasteiger partial charge in [-0.3, -0.25) is 9.78 Å². The molecule has 3 heterocycles. The maximum absolute atomic E-state index is 12.5. The van der Waals surface area contributed by atoms with Crippen molar-refractivity contribution >= 4 is 29.0 Å². The lowest BCUT2D eigenvalue weighted by Crippen LogP contribution is -2.44. The number of nitrogens with one attached hydrogen (secondary N) is 2. The van der Waals surface area contributed by atoms with E-state index in [0.29, 0.717) is 23.8 Å². The Morgan fingerprint density at radius 2 is 2.10 bits per heavy atom. The number of urea groups is 1. The van der Waals surface area contributed by atoms with Crippen LogP contribution in [0.1, 0.15) is 66.4 Å². The van der Waals surface area contributed by atoms with Crippen LogP contribution in [0.15, 0.2) is 41.6 Å². The van der Waals surface area contributed by atoms with Crippen LogP contribution in [-0.4, -0.2) is 46.4 Å². The van der Waals surface area contributed by atoms with Crippen LogP contribution in [0.5, 0.6) is 0 Å². The van der Waals surface area contributed by atoms with Gasteiger partial charge in [0.15, 0.2) is 0 Å². The molecular weight excluding hydrogens is 410 g/mol. The monoisotopic (exact) mass is 439 g/mol. The van der Waals surface area contributed by atoms with Crippen LogP contribution >= 0.6 is 11.3 Å². The largest absolute Gasteiger partial charge is 0.338 e. The van der Waals surface area contributed by atoms with E-state index in [2.05, 4.69) is 26.7 Å². The van der Waals surface area contributed by atoms with Crippen LogP contribution in [0.3, 0.4) is 0 Å². The number of allylic oxidation sites excluding steroid dienone is 1. The molecule has 0 aromatic carbocycles. The molecule has 2 aliphatic rings. The molecule has 0 saturated carbocycles. The van der Waals surface area contributed by atoms with Crippen molar-refractivity contribution < 1.29 is 9.59 Å².